The first-order chi connectivity index (χ1) is 20.7. The lowest BCUT2D eigenvalue weighted by atomic mass is 9.98. The molecule has 3 aromatic rings. The van der Waals surface area contributed by atoms with E-state index in [0.29, 0.717) is 67.2 Å². The number of nitrogen functional groups attached to an aromatic ring is 1. The van der Waals surface area contributed by atoms with Crippen molar-refractivity contribution in [2.45, 2.75) is 25.3 Å². The number of ketones is 1. The molecule has 12 heteroatoms. The van der Waals surface area contributed by atoms with Gasteiger partial charge in [-0.15, -0.1) is 10.2 Å². The zero-order chi connectivity index (χ0) is 30.2. The number of piperazine rings is 1. The highest BCUT2D eigenvalue weighted by atomic mass is 16.3. The third kappa shape index (κ3) is 5.32. The first-order valence-electron chi connectivity index (χ1n) is 14.1. The third-order valence-corrected chi connectivity index (χ3v) is 8.15. The van der Waals surface area contributed by atoms with Crippen LogP contribution in [0.3, 0.4) is 0 Å². The molecule has 220 valence electrons. The number of nitrogens with two attached hydrogens (primary N) is 1. The van der Waals surface area contributed by atoms with Crippen molar-refractivity contribution >= 4 is 35.0 Å². The SMILES string of the molecule is C=C1CCC(N2C(=O)c3cccc(CC(=O)CN4CCN(c5cc(-c6ccccc6O)nnc5N)CC4)c3C2=O)C(=O)N1. The van der Waals surface area contributed by atoms with E-state index in [1.165, 1.54) is 0 Å². The summed E-state index contributed by atoms with van der Waals surface area (Å²) in [6, 6.07) is 12.7. The number of hydrogen-bond donors (Lipinski definition) is 3. The highest BCUT2D eigenvalue weighted by Crippen LogP contribution is 2.33. The molecule has 0 saturated carbocycles. The number of rotatable bonds is 7. The third-order valence-electron chi connectivity index (χ3n) is 8.15. The highest BCUT2D eigenvalue weighted by Gasteiger charge is 2.45. The van der Waals surface area contributed by atoms with Crippen LogP contribution in [0.2, 0.25) is 0 Å². The second-order valence-electron chi connectivity index (χ2n) is 11.0. The Hall–Kier alpha value is -5.10. The molecule has 0 aliphatic carbocycles. The van der Waals surface area contributed by atoms with Crippen molar-refractivity contribution in [3.8, 4) is 17.0 Å². The number of nitrogens with one attached hydrogen (secondary N) is 1. The predicted octanol–water partition coefficient (Wildman–Crippen LogP) is 1.75. The van der Waals surface area contributed by atoms with Crippen LogP contribution in [-0.2, 0) is 16.0 Å². The van der Waals surface area contributed by atoms with Gasteiger partial charge in [-0.3, -0.25) is 29.0 Å². The molecule has 43 heavy (non-hydrogen) atoms. The summed E-state index contributed by atoms with van der Waals surface area (Å²) >= 11 is 0. The molecule has 0 spiro atoms. The maximum absolute atomic E-state index is 13.4. The second kappa shape index (κ2) is 11.3. The highest BCUT2D eigenvalue weighted by molar-refractivity contribution is 6.23. The number of phenolic OH excluding ortho intramolecular Hbond substituents is 1. The number of amides is 3. The molecule has 1 aromatic heterocycles. The summed E-state index contributed by atoms with van der Waals surface area (Å²) in [5.74, 6) is -1.19. The summed E-state index contributed by atoms with van der Waals surface area (Å²) in [6.45, 7) is 6.33. The number of anilines is 2. The van der Waals surface area contributed by atoms with Gasteiger partial charge in [-0.05, 0) is 42.7 Å². The Morgan fingerprint density at radius 3 is 2.49 bits per heavy atom. The predicted molar refractivity (Wildman–Crippen MR) is 158 cm³/mol. The Labute approximate surface area is 247 Å². The fraction of sp³-hybridized carbons (Fsp3) is 0.290. The van der Waals surface area contributed by atoms with Crippen LogP contribution in [0.4, 0.5) is 11.5 Å². The Bertz CT molecular complexity index is 1660. The minimum absolute atomic E-state index is 0.00489. The summed E-state index contributed by atoms with van der Waals surface area (Å²) in [7, 11) is 0. The van der Waals surface area contributed by atoms with Crippen LogP contribution in [0.25, 0.3) is 11.3 Å². The standard InChI is InChI=1S/C31H31N7O5/c1-18-9-10-24(29(41)33-18)38-30(42)22-7-4-5-19(27(22)31(38)43)15-20(39)17-36-11-13-37(14-12-36)25-16-23(34-35-28(25)32)21-6-2-3-8-26(21)40/h2-8,16,24,40H,1,9-15,17H2,(H2,32,35)(H,33,41). The molecule has 12 nitrogen and oxygen atoms in total. The number of piperidine rings is 1. The maximum atomic E-state index is 13.4. The van der Waals surface area contributed by atoms with Crippen molar-refractivity contribution < 1.29 is 24.3 Å². The number of fused-ring (bicyclic) bond motifs is 1. The zero-order valence-electron chi connectivity index (χ0n) is 23.5. The van der Waals surface area contributed by atoms with E-state index in [4.69, 9.17) is 5.73 Å². The Morgan fingerprint density at radius 1 is 1.00 bits per heavy atom. The number of aromatic nitrogens is 2. The zero-order valence-corrected chi connectivity index (χ0v) is 23.5. The number of Topliss-reactive ketones (excluding diaryl/α,β-unsaturated/α-hetero) is 1. The summed E-state index contributed by atoms with van der Waals surface area (Å²) in [5.41, 5.74) is 9.38. The van der Waals surface area contributed by atoms with Crippen LogP contribution in [-0.4, -0.2) is 87.4 Å². The van der Waals surface area contributed by atoms with Gasteiger partial charge in [0.05, 0.1) is 29.1 Å². The van der Waals surface area contributed by atoms with Crippen molar-refractivity contribution in [1.29, 1.82) is 0 Å². The van der Waals surface area contributed by atoms with Gasteiger partial charge in [0, 0.05) is 43.9 Å². The Balaban J connectivity index is 1.10. The average molecular weight is 582 g/mol. The van der Waals surface area contributed by atoms with Gasteiger partial charge in [0.25, 0.3) is 11.8 Å². The van der Waals surface area contributed by atoms with Crippen molar-refractivity contribution in [2.24, 2.45) is 0 Å². The van der Waals surface area contributed by atoms with Crippen LogP contribution in [0.5, 0.6) is 5.75 Å². The lowest BCUT2D eigenvalue weighted by Crippen LogP contribution is -2.51. The van der Waals surface area contributed by atoms with E-state index in [1.807, 2.05) is 17.0 Å². The van der Waals surface area contributed by atoms with E-state index >= 15 is 0 Å². The van der Waals surface area contributed by atoms with Crippen molar-refractivity contribution in [3.05, 3.63) is 77.5 Å². The van der Waals surface area contributed by atoms with Crippen LogP contribution in [0.1, 0.15) is 39.1 Å². The number of hydrogen-bond acceptors (Lipinski definition) is 10. The molecular formula is C31H31N7O5. The molecule has 1 atom stereocenters. The molecule has 2 saturated heterocycles. The number of para-hydroxylation sites is 1. The molecule has 2 fully saturated rings. The lowest BCUT2D eigenvalue weighted by Gasteiger charge is -2.36. The van der Waals surface area contributed by atoms with Gasteiger partial charge in [-0.2, -0.15) is 0 Å². The summed E-state index contributed by atoms with van der Waals surface area (Å²) in [6.07, 6.45) is 0.785. The minimum Gasteiger partial charge on any atom is -0.507 e. The number of nitrogens with zero attached hydrogens (tertiary/aromatic N) is 5. The lowest BCUT2D eigenvalue weighted by molar-refractivity contribution is -0.125. The van der Waals surface area contributed by atoms with Crippen LogP contribution >= 0.6 is 0 Å². The van der Waals surface area contributed by atoms with E-state index < -0.39 is 23.8 Å². The van der Waals surface area contributed by atoms with E-state index in [9.17, 15) is 24.3 Å². The van der Waals surface area contributed by atoms with Crippen molar-refractivity contribution in [3.63, 3.8) is 0 Å². The largest absolute Gasteiger partial charge is 0.507 e. The van der Waals surface area contributed by atoms with Crippen LogP contribution in [0.15, 0.2) is 60.8 Å². The van der Waals surface area contributed by atoms with E-state index in [2.05, 4.69) is 27.0 Å². The molecule has 6 rings (SSSR count). The summed E-state index contributed by atoms with van der Waals surface area (Å²) < 4.78 is 0. The fourth-order valence-corrected chi connectivity index (χ4v) is 5.94. The minimum atomic E-state index is -0.906. The molecule has 3 aliphatic rings. The molecular weight excluding hydrogens is 550 g/mol. The van der Waals surface area contributed by atoms with E-state index in [1.54, 1.807) is 36.4 Å². The summed E-state index contributed by atoms with van der Waals surface area (Å²) in [5, 5.41) is 21.1. The first kappa shape index (κ1) is 28.0. The molecule has 4 N–H and O–H groups in total. The second-order valence-corrected chi connectivity index (χ2v) is 11.0. The molecule has 0 radical (unpaired) electrons. The maximum Gasteiger partial charge on any atom is 0.262 e. The molecule has 1 unspecified atom stereocenters. The van der Waals surface area contributed by atoms with Gasteiger partial charge in [0.1, 0.15) is 11.8 Å². The topological polar surface area (TPSA) is 162 Å². The normalized spacial score (nSPS) is 19.0. The average Bonchev–Trinajstić information content (AvgIpc) is 3.24. The van der Waals surface area contributed by atoms with Crippen molar-refractivity contribution in [2.75, 3.05) is 43.4 Å². The van der Waals surface area contributed by atoms with Gasteiger partial charge in [0.15, 0.2) is 11.6 Å². The molecule has 3 amide bonds. The molecule has 3 aliphatic heterocycles. The number of phenols is 1. The smallest absolute Gasteiger partial charge is 0.262 e. The monoisotopic (exact) mass is 581 g/mol. The van der Waals surface area contributed by atoms with Crippen LogP contribution in [0, 0.1) is 0 Å². The van der Waals surface area contributed by atoms with E-state index in [-0.39, 0.29) is 41.4 Å². The number of allylic oxidation sites excluding steroid dienone is 1. The number of carbonyl (C=O) groups excluding carboxylic acids is 4. The van der Waals surface area contributed by atoms with Gasteiger partial charge in [-0.1, -0.05) is 30.8 Å². The summed E-state index contributed by atoms with van der Waals surface area (Å²) in [4.78, 5) is 57.4. The number of benzene rings is 2. The van der Waals surface area contributed by atoms with E-state index in [0.717, 1.165) is 4.90 Å². The van der Waals surface area contributed by atoms with Gasteiger partial charge < -0.3 is 21.1 Å². The first-order valence-corrected chi connectivity index (χ1v) is 14.1. The number of aromatic hydroxyl groups is 1. The van der Waals surface area contributed by atoms with Gasteiger partial charge >= 0.3 is 0 Å². The van der Waals surface area contributed by atoms with Gasteiger partial charge in [0.2, 0.25) is 5.91 Å². The molecule has 4 heterocycles. The number of imide groups is 1. The van der Waals surface area contributed by atoms with Crippen LogP contribution < -0.4 is 16.0 Å². The molecule has 2 aromatic carbocycles. The quantitative estimate of drug-likeness (QED) is 0.351. The Morgan fingerprint density at radius 2 is 1.74 bits per heavy atom. The fourth-order valence-electron chi connectivity index (χ4n) is 5.94. The number of carbonyl (C=O) groups is 4. The molecule has 0 bridgehead atoms. The van der Waals surface area contributed by atoms with Crippen molar-refractivity contribution in [1.82, 2.24) is 25.3 Å². The Kier molecular flexibility index (Phi) is 7.36. The van der Waals surface area contributed by atoms with Gasteiger partial charge in [-0.25, -0.2) is 0 Å².